The van der Waals surface area contributed by atoms with Crippen LogP contribution in [0.4, 0.5) is 0 Å². The number of fused-ring (bicyclic) bond motifs is 1. The number of rotatable bonds is 5. The number of ketones is 1. The van der Waals surface area contributed by atoms with Gasteiger partial charge in [0, 0.05) is 31.8 Å². The van der Waals surface area contributed by atoms with E-state index in [-0.39, 0.29) is 11.7 Å². The minimum absolute atomic E-state index is 0.00617. The highest BCUT2D eigenvalue weighted by Gasteiger charge is 2.38. The second-order valence-electron chi connectivity index (χ2n) is 7.22. The van der Waals surface area contributed by atoms with Crippen molar-refractivity contribution in [3.8, 4) is 17.2 Å². The summed E-state index contributed by atoms with van der Waals surface area (Å²) in [4.78, 5) is 15.3. The van der Waals surface area contributed by atoms with Gasteiger partial charge in [-0.3, -0.25) is 4.79 Å². The van der Waals surface area contributed by atoms with E-state index in [4.69, 9.17) is 9.47 Å². The molecule has 1 atom stereocenters. The number of Topliss-reactive ketones (excluding diaryl/α,β-unsaturated/α-hetero) is 1. The standard InChI is InChI=1S/C25H23NO3/c1-26(2)16-21-23(17-8-5-4-6-9-17)20-10-7-11-22(24(20)25(21)27)29-19-14-12-18(28-3)13-15-19/h4-16,23H,1-3H3/t23-/m0/s1. The summed E-state index contributed by atoms with van der Waals surface area (Å²) in [5, 5.41) is 0. The molecule has 4 nitrogen and oxygen atoms in total. The third-order valence-electron chi connectivity index (χ3n) is 4.99. The van der Waals surface area contributed by atoms with E-state index in [2.05, 4.69) is 12.1 Å². The van der Waals surface area contributed by atoms with Crippen LogP contribution >= 0.6 is 0 Å². The number of allylic oxidation sites excluding steroid dienone is 1. The fraction of sp³-hybridized carbons (Fsp3) is 0.160. The lowest BCUT2D eigenvalue weighted by Crippen LogP contribution is -2.09. The van der Waals surface area contributed by atoms with Gasteiger partial charge in [0.25, 0.3) is 0 Å². The first-order valence-electron chi connectivity index (χ1n) is 9.51. The molecule has 0 unspecified atom stereocenters. The number of carbonyl (C=O) groups excluding carboxylic acids is 1. The van der Waals surface area contributed by atoms with E-state index in [0.717, 1.165) is 22.4 Å². The highest BCUT2D eigenvalue weighted by molar-refractivity contribution is 6.16. The summed E-state index contributed by atoms with van der Waals surface area (Å²) in [7, 11) is 5.49. The molecule has 3 aromatic carbocycles. The summed E-state index contributed by atoms with van der Waals surface area (Å²) in [6.07, 6.45) is 1.91. The molecular formula is C25H23NO3. The predicted octanol–water partition coefficient (Wildman–Crippen LogP) is 5.26. The monoisotopic (exact) mass is 385 g/mol. The van der Waals surface area contributed by atoms with E-state index < -0.39 is 0 Å². The molecule has 0 saturated heterocycles. The Morgan fingerprint density at radius 2 is 1.55 bits per heavy atom. The van der Waals surface area contributed by atoms with Crippen LogP contribution in [-0.4, -0.2) is 31.9 Å². The first kappa shape index (κ1) is 18.8. The maximum atomic E-state index is 13.4. The van der Waals surface area contributed by atoms with E-state index in [9.17, 15) is 4.79 Å². The molecule has 0 N–H and O–H groups in total. The van der Waals surface area contributed by atoms with E-state index in [1.807, 2.05) is 85.9 Å². The molecule has 0 aromatic heterocycles. The second kappa shape index (κ2) is 7.84. The van der Waals surface area contributed by atoms with Crippen LogP contribution in [0, 0.1) is 0 Å². The van der Waals surface area contributed by atoms with Crippen molar-refractivity contribution >= 4 is 5.78 Å². The van der Waals surface area contributed by atoms with Gasteiger partial charge in [0.1, 0.15) is 17.2 Å². The molecule has 0 radical (unpaired) electrons. The SMILES string of the molecule is COc1ccc(Oc2cccc3c2C(=O)C(=CN(C)C)[C@H]3c2ccccc2)cc1. The number of carbonyl (C=O) groups is 1. The Morgan fingerprint density at radius 1 is 0.862 bits per heavy atom. The van der Waals surface area contributed by atoms with E-state index in [1.54, 1.807) is 7.11 Å². The smallest absolute Gasteiger partial charge is 0.195 e. The van der Waals surface area contributed by atoms with Crippen molar-refractivity contribution in [2.24, 2.45) is 0 Å². The first-order chi connectivity index (χ1) is 14.1. The minimum atomic E-state index is -0.111. The molecule has 4 rings (SSSR count). The van der Waals surface area contributed by atoms with E-state index >= 15 is 0 Å². The zero-order valence-electron chi connectivity index (χ0n) is 16.8. The summed E-state index contributed by atoms with van der Waals surface area (Å²) in [6, 6.07) is 23.3. The van der Waals surface area contributed by atoms with Gasteiger partial charge in [0.2, 0.25) is 0 Å². The van der Waals surface area contributed by atoms with E-state index in [1.165, 1.54) is 0 Å². The summed E-state index contributed by atoms with van der Waals surface area (Å²) in [5.74, 6) is 1.88. The van der Waals surface area contributed by atoms with Gasteiger partial charge in [-0.15, -0.1) is 0 Å². The Hall–Kier alpha value is -3.53. The average molecular weight is 385 g/mol. The molecule has 3 aromatic rings. The predicted molar refractivity (Wildman–Crippen MR) is 114 cm³/mol. The van der Waals surface area contributed by atoms with Crippen LogP contribution in [0.5, 0.6) is 17.2 Å². The van der Waals surface area contributed by atoms with Crippen molar-refractivity contribution in [1.29, 1.82) is 0 Å². The van der Waals surface area contributed by atoms with Crippen molar-refractivity contribution in [3.05, 3.63) is 101 Å². The fourth-order valence-corrected chi connectivity index (χ4v) is 3.75. The summed E-state index contributed by atoms with van der Waals surface area (Å²) >= 11 is 0. The maximum absolute atomic E-state index is 13.4. The van der Waals surface area contributed by atoms with Crippen LogP contribution in [0.25, 0.3) is 0 Å². The minimum Gasteiger partial charge on any atom is -0.497 e. The van der Waals surface area contributed by atoms with Crippen LogP contribution in [0.3, 0.4) is 0 Å². The maximum Gasteiger partial charge on any atom is 0.195 e. The first-order valence-corrected chi connectivity index (χ1v) is 9.51. The van der Waals surface area contributed by atoms with Gasteiger partial charge in [0.05, 0.1) is 12.7 Å². The molecule has 1 aliphatic carbocycles. The number of hydrogen-bond donors (Lipinski definition) is 0. The van der Waals surface area contributed by atoms with Crippen LogP contribution in [0.2, 0.25) is 0 Å². The molecule has 1 aliphatic rings. The Labute approximate surface area is 171 Å². The van der Waals surface area contributed by atoms with Crippen molar-refractivity contribution < 1.29 is 14.3 Å². The average Bonchev–Trinajstić information content (AvgIpc) is 3.01. The largest absolute Gasteiger partial charge is 0.497 e. The Balaban J connectivity index is 1.80. The van der Waals surface area contributed by atoms with Gasteiger partial charge in [-0.25, -0.2) is 0 Å². The molecular weight excluding hydrogens is 362 g/mol. The van der Waals surface area contributed by atoms with Gasteiger partial charge in [0.15, 0.2) is 5.78 Å². The number of benzene rings is 3. The Morgan fingerprint density at radius 3 is 2.21 bits per heavy atom. The lowest BCUT2D eigenvalue weighted by molar-refractivity contribution is 0.103. The quantitative estimate of drug-likeness (QED) is 0.562. The highest BCUT2D eigenvalue weighted by atomic mass is 16.5. The van der Waals surface area contributed by atoms with Crippen LogP contribution < -0.4 is 9.47 Å². The molecule has 0 amide bonds. The lowest BCUT2D eigenvalue weighted by atomic mass is 9.90. The number of methoxy groups -OCH3 is 1. The summed E-state index contributed by atoms with van der Waals surface area (Å²) in [5.41, 5.74) is 3.45. The Bertz CT molecular complexity index is 1050. The van der Waals surface area contributed by atoms with Crippen molar-refractivity contribution in [2.45, 2.75) is 5.92 Å². The van der Waals surface area contributed by atoms with Crippen LogP contribution in [0.1, 0.15) is 27.4 Å². The van der Waals surface area contributed by atoms with Crippen molar-refractivity contribution in [2.75, 3.05) is 21.2 Å². The zero-order chi connectivity index (χ0) is 20.4. The summed E-state index contributed by atoms with van der Waals surface area (Å²) < 4.78 is 11.3. The van der Waals surface area contributed by atoms with E-state index in [0.29, 0.717) is 17.1 Å². The lowest BCUT2D eigenvalue weighted by Gasteiger charge is -2.16. The molecule has 0 spiro atoms. The normalized spacial score (nSPS) is 16.6. The zero-order valence-corrected chi connectivity index (χ0v) is 16.8. The Kier molecular flexibility index (Phi) is 5.09. The number of ether oxygens (including phenoxy) is 2. The van der Waals surface area contributed by atoms with Crippen molar-refractivity contribution in [1.82, 2.24) is 4.90 Å². The van der Waals surface area contributed by atoms with Gasteiger partial charge in [-0.1, -0.05) is 42.5 Å². The second-order valence-corrected chi connectivity index (χ2v) is 7.22. The molecule has 0 fully saturated rings. The number of hydrogen-bond acceptors (Lipinski definition) is 4. The van der Waals surface area contributed by atoms with Gasteiger partial charge >= 0.3 is 0 Å². The highest BCUT2D eigenvalue weighted by Crippen LogP contribution is 2.46. The fourth-order valence-electron chi connectivity index (χ4n) is 3.75. The molecule has 0 bridgehead atoms. The van der Waals surface area contributed by atoms with Gasteiger partial charge in [-0.2, -0.15) is 0 Å². The third-order valence-corrected chi connectivity index (χ3v) is 4.99. The van der Waals surface area contributed by atoms with Gasteiger partial charge < -0.3 is 14.4 Å². The molecule has 29 heavy (non-hydrogen) atoms. The van der Waals surface area contributed by atoms with Crippen LogP contribution in [0.15, 0.2) is 84.6 Å². The number of nitrogens with zero attached hydrogens (tertiary/aromatic N) is 1. The summed E-state index contributed by atoms with van der Waals surface area (Å²) in [6.45, 7) is 0. The van der Waals surface area contributed by atoms with Crippen molar-refractivity contribution in [3.63, 3.8) is 0 Å². The third kappa shape index (κ3) is 3.61. The molecule has 146 valence electrons. The molecule has 0 heterocycles. The van der Waals surface area contributed by atoms with Gasteiger partial charge in [-0.05, 0) is 41.5 Å². The molecule has 0 aliphatic heterocycles. The topological polar surface area (TPSA) is 38.8 Å². The molecule has 0 saturated carbocycles. The molecule has 4 heteroatoms. The van der Waals surface area contributed by atoms with Crippen LogP contribution in [-0.2, 0) is 0 Å².